The molecule has 1 aliphatic heterocycles. The van der Waals surface area contributed by atoms with E-state index in [0.29, 0.717) is 25.3 Å². The van der Waals surface area contributed by atoms with Gasteiger partial charge >= 0.3 is 0 Å². The second-order valence-electron chi connectivity index (χ2n) is 5.29. The van der Waals surface area contributed by atoms with Crippen molar-refractivity contribution in [3.05, 3.63) is 35.4 Å². The molecule has 0 aromatic carbocycles. The zero-order chi connectivity index (χ0) is 14.7. The summed E-state index contributed by atoms with van der Waals surface area (Å²) in [6.07, 6.45) is 6.26. The molecule has 0 aliphatic carbocycles. The zero-order valence-corrected chi connectivity index (χ0v) is 12.0. The van der Waals surface area contributed by atoms with E-state index in [4.69, 9.17) is 4.74 Å². The highest BCUT2D eigenvalue weighted by atomic mass is 16.5. The molecule has 21 heavy (non-hydrogen) atoms. The molecule has 0 bridgehead atoms. The Morgan fingerprint density at radius 1 is 1.57 bits per heavy atom. The molecule has 2 aromatic heterocycles. The molecule has 1 saturated heterocycles. The van der Waals surface area contributed by atoms with Crippen LogP contribution in [0.25, 0.3) is 0 Å². The molecule has 1 unspecified atom stereocenters. The van der Waals surface area contributed by atoms with Crippen LogP contribution in [0.2, 0.25) is 0 Å². The Kier molecular flexibility index (Phi) is 4.01. The summed E-state index contributed by atoms with van der Waals surface area (Å²) < 4.78 is 7.18. The minimum Gasteiger partial charge on any atom is -0.381 e. The number of nitrogens with one attached hydrogen (secondary N) is 2. The van der Waals surface area contributed by atoms with E-state index in [1.165, 1.54) is 0 Å². The highest BCUT2D eigenvalue weighted by Crippen LogP contribution is 2.25. The summed E-state index contributed by atoms with van der Waals surface area (Å²) in [6, 6.07) is 0. The van der Waals surface area contributed by atoms with Crippen LogP contribution in [0.15, 0.2) is 18.6 Å². The topological polar surface area (TPSA) is 84.8 Å². The largest absolute Gasteiger partial charge is 0.381 e. The van der Waals surface area contributed by atoms with E-state index < -0.39 is 0 Å². The van der Waals surface area contributed by atoms with Crippen molar-refractivity contribution in [2.75, 3.05) is 19.8 Å². The third-order valence-electron chi connectivity index (χ3n) is 3.64. The molecule has 1 amide bonds. The zero-order valence-electron chi connectivity index (χ0n) is 12.0. The van der Waals surface area contributed by atoms with Crippen molar-refractivity contribution < 1.29 is 9.53 Å². The normalized spacial score (nSPS) is 18.0. The minimum atomic E-state index is -0.102. The summed E-state index contributed by atoms with van der Waals surface area (Å²) in [5.74, 6) is 0.136. The van der Waals surface area contributed by atoms with Crippen LogP contribution in [0, 0.1) is 6.92 Å². The van der Waals surface area contributed by atoms with Gasteiger partial charge in [-0.25, -0.2) is 0 Å². The first-order chi connectivity index (χ1) is 10.2. The van der Waals surface area contributed by atoms with Crippen LogP contribution < -0.4 is 5.32 Å². The number of carbonyl (C=O) groups is 1. The highest BCUT2D eigenvalue weighted by Gasteiger charge is 2.24. The van der Waals surface area contributed by atoms with E-state index in [9.17, 15) is 4.79 Å². The maximum absolute atomic E-state index is 12.2. The third-order valence-corrected chi connectivity index (χ3v) is 3.64. The van der Waals surface area contributed by atoms with Crippen LogP contribution in [-0.2, 0) is 11.3 Å². The fourth-order valence-corrected chi connectivity index (χ4v) is 2.52. The van der Waals surface area contributed by atoms with Gasteiger partial charge in [0.15, 0.2) is 0 Å². The average Bonchev–Trinajstić information content (AvgIpc) is 3.19. The number of hydrogen-bond donors (Lipinski definition) is 2. The molecule has 0 saturated carbocycles. The summed E-state index contributed by atoms with van der Waals surface area (Å²) in [7, 11) is 0. The molecule has 7 nitrogen and oxygen atoms in total. The molecular weight excluding hydrogens is 270 g/mol. The Morgan fingerprint density at radius 2 is 2.48 bits per heavy atom. The quantitative estimate of drug-likeness (QED) is 0.854. The van der Waals surface area contributed by atoms with Gasteiger partial charge < -0.3 is 10.1 Å². The van der Waals surface area contributed by atoms with Crippen molar-refractivity contribution in [3.8, 4) is 0 Å². The predicted octanol–water partition coefficient (Wildman–Crippen LogP) is 0.849. The predicted molar refractivity (Wildman–Crippen MR) is 76.1 cm³/mol. The summed E-state index contributed by atoms with van der Waals surface area (Å²) in [4.78, 5) is 12.2. The number of aromatic nitrogens is 4. The smallest absolute Gasteiger partial charge is 0.254 e. The van der Waals surface area contributed by atoms with E-state index >= 15 is 0 Å². The molecule has 2 aromatic rings. The van der Waals surface area contributed by atoms with Crippen molar-refractivity contribution in [3.63, 3.8) is 0 Å². The summed E-state index contributed by atoms with van der Waals surface area (Å²) >= 11 is 0. The minimum absolute atomic E-state index is 0.102. The Labute approximate surface area is 122 Å². The molecule has 7 heteroatoms. The monoisotopic (exact) mass is 289 g/mol. The van der Waals surface area contributed by atoms with Crippen molar-refractivity contribution in [2.45, 2.75) is 25.8 Å². The molecule has 1 atom stereocenters. The number of carbonyl (C=O) groups excluding carboxylic acids is 1. The van der Waals surface area contributed by atoms with Crippen LogP contribution in [0.5, 0.6) is 0 Å². The standard InChI is InChI=1S/C14H19N5O2/c1-10-6-17-19(8-10)4-3-15-14(20)12-7-16-18-13(12)11-2-5-21-9-11/h6-8,11H,2-5,9H2,1H3,(H,15,20)(H,16,18). The second-order valence-corrected chi connectivity index (χ2v) is 5.29. The molecule has 1 aliphatic rings. The van der Waals surface area contributed by atoms with E-state index in [0.717, 1.165) is 24.3 Å². The molecule has 3 heterocycles. The number of rotatable bonds is 5. The van der Waals surface area contributed by atoms with Crippen LogP contribution in [-0.4, -0.2) is 45.6 Å². The van der Waals surface area contributed by atoms with Gasteiger partial charge in [0.2, 0.25) is 0 Å². The molecule has 0 spiro atoms. The van der Waals surface area contributed by atoms with Gasteiger partial charge in [-0.1, -0.05) is 0 Å². The van der Waals surface area contributed by atoms with E-state index in [-0.39, 0.29) is 11.8 Å². The van der Waals surface area contributed by atoms with Gasteiger partial charge in [0.25, 0.3) is 5.91 Å². The number of aryl methyl sites for hydroxylation is 1. The van der Waals surface area contributed by atoms with Crippen LogP contribution >= 0.6 is 0 Å². The number of ether oxygens (including phenoxy) is 1. The van der Waals surface area contributed by atoms with E-state index in [1.807, 2.05) is 17.8 Å². The van der Waals surface area contributed by atoms with Crippen LogP contribution in [0.3, 0.4) is 0 Å². The van der Waals surface area contributed by atoms with Crippen molar-refractivity contribution in [2.24, 2.45) is 0 Å². The van der Waals surface area contributed by atoms with E-state index in [1.54, 1.807) is 12.4 Å². The summed E-state index contributed by atoms with van der Waals surface area (Å²) in [5.41, 5.74) is 2.60. The van der Waals surface area contributed by atoms with E-state index in [2.05, 4.69) is 20.6 Å². The number of amides is 1. The third kappa shape index (κ3) is 3.13. The van der Waals surface area contributed by atoms with Gasteiger partial charge in [0.05, 0.1) is 36.8 Å². The maximum Gasteiger partial charge on any atom is 0.254 e. The fourth-order valence-electron chi connectivity index (χ4n) is 2.52. The fraction of sp³-hybridized carbons (Fsp3) is 0.500. The van der Waals surface area contributed by atoms with Gasteiger partial charge in [-0.05, 0) is 18.9 Å². The molecule has 1 fully saturated rings. The van der Waals surface area contributed by atoms with Crippen molar-refractivity contribution >= 4 is 5.91 Å². The number of aromatic amines is 1. The molecule has 0 radical (unpaired) electrons. The Bertz CT molecular complexity index is 612. The number of nitrogens with zero attached hydrogens (tertiary/aromatic N) is 3. The maximum atomic E-state index is 12.2. The first kappa shape index (κ1) is 13.8. The summed E-state index contributed by atoms with van der Waals surface area (Å²) in [6.45, 7) is 4.56. The lowest BCUT2D eigenvalue weighted by Crippen LogP contribution is -2.28. The second kappa shape index (κ2) is 6.09. The lowest BCUT2D eigenvalue weighted by Gasteiger charge is -2.09. The Hall–Kier alpha value is -2.15. The van der Waals surface area contributed by atoms with Gasteiger partial charge in [-0.3, -0.25) is 14.6 Å². The van der Waals surface area contributed by atoms with Crippen LogP contribution in [0.4, 0.5) is 0 Å². The first-order valence-corrected chi connectivity index (χ1v) is 7.12. The Balaban J connectivity index is 1.57. The van der Waals surface area contributed by atoms with Crippen molar-refractivity contribution in [1.29, 1.82) is 0 Å². The average molecular weight is 289 g/mol. The number of hydrogen-bond acceptors (Lipinski definition) is 4. The van der Waals surface area contributed by atoms with Gasteiger partial charge in [0, 0.05) is 25.3 Å². The lowest BCUT2D eigenvalue weighted by atomic mass is 10.0. The SMILES string of the molecule is Cc1cnn(CCNC(=O)c2cn[nH]c2C2CCOC2)c1. The van der Waals surface area contributed by atoms with Gasteiger partial charge in [0.1, 0.15) is 0 Å². The Morgan fingerprint density at radius 3 is 3.19 bits per heavy atom. The first-order valence-electron chi connectivity index (χ1n) is 7.12. The lowest BCUT2D eigenvalue weighted by molar-refractivity contribution is 0.0950. The molecular formula is C14H19N5O2. The number of H-pyrrole nitrogens is 1. The molecule has 2 N–H and O–H groups in total. The highest BCUT2D eigenvalue weighted by molar-refractivity contribution is 5.95. The van der Waals surface area contributed by atoms with Crippen LogP contribution in [0.1, 0.15) is 34.0 Å². The molecule has 3 rings (SSSR count). The molecule has 112 valence electrons. The van der Waals surface area contributed by atoms with Gasteiger partial charge in [-0.15, -0.1) is 0 Å². The van der Waals surface area contributed by atoms with Gasteiger partial charge in [-0.2, -0.15) is 10.2 Å². The summed E-state index contributed by atoms with van der Waals surface area (Å²) in [5, 5.41) is 14.0. The van der Waals surface area contributed by atoms with Crippen molar-refractivity contribution in [1.82, 2.24) is 25.3 Å².